The number of alkyl halides is 2. The summed E-state index contributed by atoms with van der Waals surface area (Å²) in [7, 11) is 0. The second-order valence-electron chi connectivity index (χ2n) is 7.71. The van der Waals surface area contributed by atoms with Crippen LogP contribution in [-0.2, 0) is 4.79 Å². The Hall–Kier alpha value is -2.65. The Morgan fingerprint density at radius 1 is 1.03 bits per heavy atom. The van der Waals surface area contributed by atoms with E-state index in [1.54, 1.807) is 12.1 Å². The van der Waals surface area contributed by atoms with Crippen molar-refractivity contribution in [3.8, 4) is 11.5 Å². The molecule has 31 heavy (non-hydrogen) atoms. The highest BCUT2D eigenvalue weighted by Gasteiger charge is 2.69. The Bertz CT molecular complexity index is 1020. The zero-order chi connectivity index (χ0) is 22.2. The maximum absolute atomic E-state index is 12.4. The molecule has 3 fully saturated rings. The molecule has 1 aromatic heterocycles. The first-order valence-electron chi connectivity index (χ1n) is 9.30. The molecule has 2 amide bonds. The van der Waals surface area contributed by atoms with Crippen molar-refractivity contribution in [1.29, 1.82) is 0 Å². The lowest BCUT2D eigenvalue weighted by Crippen LogP contribution is -2.84. The summed E-state index contributed by atoms with van der Waals surface area (Å²) in [4.78, 5) is 28.5. The van der Waals surface area contributed by atoms with Crippen molar-refractivity contribution >= 4 is 35.0 Å². The molecule has 0 saturated heterocycles. The number of benzene rings is 1. The fraction of sp³-hybridized carbons (Fsp3) is 0.350. The number of carbonyl (C=O) groups is 2. The summed E-state index contributed by atoms with van der Waals surface area (Å²) in [5.74, 6) is -0.485. The predicted octanol–water partition coefficient (Wildman–Crippen LogP) is 3.59. The van der Waals surface area contributed by atoms with E-state index in [2.05, 4.69) is 20.4 Å². The zero-order valence-corrected chi connectivity index (χ0v) is 17.5. The molecule has 1 aromatic carbocycles. The van der Waals surface area contributed by atoms with Gasteiger partial charge in [0.1, 0.15) is 17.2 Å². The number of ether oxygens (including phenoxy) is 2. The number of rotatable bonds is 8. The van der Waals surface area contributed by atoms with Crippen LogP contribution in [0.2, 0.25) is 10.0 Å². The number of hydrogen-bond acceptors (Lipinski definition) is 5. The SMILES string of the molecule is O=C(COc1ccc(Cl)c(Cl)c1)NC12CC(NC(=O)c3cc(OC(F)F)ccn3)(C1)C2. The van der Waals surface area contributed by atoms with Gasteiger partial charge < -0.3 is 20.1 Å². The maximum atomic E-state index is 12.4. The van der Waals surface area contributed by atoms with Gasteiger partial charge in [0.15, 0.2) is 6.61 Å². The van der Waals surface area contributed by atoms with Gasteiger partial charge in [0, 0.05) is 29.4 Å². The quantitative estimate of drug-likeness (QED) is 0.613. The number of hydrogen-bond donors (Lipinski definition) is 2. The normalized spacial score (nSPS) is 23.4. The average molecular weight is 472 g/mol. The number of nitrogens with zero attached hydrogens (tertiary/aromatic N) is 1. The van der Waals surface area contributed by atoms with Crippen LogP contribution in [0.25, 0.3) is 0 Å². The van der Waals surface area contributed by atoms with E-state index in [1.807, 2.05) is 0 Å². The lowest BCUT2D eigenvalue weighted by atomic mass is 9.44. The molecule has 5 rings (SSSR count). The molecular formula is C20H17Cl2F2N3O4. The molecule has 3 aliphatic rings. The van der Waals surface area contributed by atoms with Crippen molar-refractivity contribution in [2.75, 3.05) is 6.61 Å². The first-order chi connectivity index (χ1) is 14.7. The fourth-order valence-corrected chi connectivity index (χ4v) is 4.40. The van der Waals surface area contributed by atoms with E-state index in [0.717, 1.165) is 6.07 Å². The van der Waals surface area contributed by atoms with Crippen LogP contribution in [-0.4, -0.2) is 41.1 Å². The standard InChI is InChI=1S/C20H17Cl2F2N3O4/c21-13-2-1-11(5-14(13)22)30-7-16(28)26-19-8-20(9-19,10-19)27-17(29)15-6-12(3-4-25-15)31-18(23)24/h1-6,18H,7-10H2,(H,26,28)(H,27,29). The number of carbonyl (C=O) groups excluding carboxylic acids is 2. The summed E-state index contributed by atoms with van der Waals surface area (Å²) in [5.41, 5.74) is -0.828. The van der Waals surface area contributed by atoms with Crippen LogP contribution in [0.3, 0.4) is 0 Å². The van der Waals surface area contributed by atoms with Crippen molar-refractivity contribution in [1.82, 2.24) is 15.6 Å². The van der Waals surface area contributed by atoms with Crippen LogP contribution in [0.5, 0.6) is 11.5 Å². The second kappa shape index (κ2) is 8.12. The van der Waals surface area contributed by atoms with E-state index in [-0.39, 0.29) is 29.5 Å². The van der Waals surface area contributed by atoms with Crippen LogP contribution in [0.15, 0.2) is 36.5 Å². The largest absolute Gasteiger partial charge is 0.484 e. The van der Waals surface area contributed by atoms with Crippen LogP contribution < -0.4 is 20.1 Å². The van der Waals surface area contributed by atoms with Crippen molar-refractivity contribution in [2.45, 2.75) is 37.0 Å². The third-order valence-corrected chi connectivity index (χ3v) is 6.00. The first-order valence-corrected chi connectivity index (χ1v) is 10.1. The van der Waals surface area contributed by atoms with Crippen molar-refractivity contribution in [3.63, 3.8) is 0 Å². The Morgan fingerprint density at radius 2 is 1.74 bits per heavy atom. The van der Waals surface area contributed by atoms with E-state index < -0.39 is 18.1 Å². The molecule has 2 aromatic rings. The van der Waals surface area contributed by atoms with Gasteiger partial charge in [-0.2, -0.15) is 8.78 Å². The van der Waals surface area contributed by atoms with E-state index in [1.165, 1.54) is 18.3 Å². The molecule has 164 valence electrons. The number of amides is 2. The Morgan fingerprint density at radius 3 is 2.42 bits per heavy atom. The lowest BCUT2D eigenvalue weighted by Gasteiger charge is -2.70. The van der Waals surface area contributed by atoms with Gasteiger partial charge in [-0.15, -0.1) is 0 Å². The molecule has 7 nitrogen and oxygen atoms in total. The summed E-state index contributed by atoms with van der Waals surface area (Å²) in [6, 6.07) is 7.12. The minimum absolute atomic E-state index is 0.0176. The summed E-state index contributed by atoms with van der Waals surface area (Å²) in [6.45, 7) is -3.17. The third-order valence-electron chi connectivity index (χ3n) is 5.26. The van der Waals surface area contributed by atoms with Gasteiger partial charge in [-0.3, -0.25) is 14.6 Å². The van der Waals surface area contributed by atoms with Crippen LogP contribution >= 0.6 is 23.2 Å². The van der Waals surface area contributed by atoms with Gasteiger partial charge in [-0.05, 0) is 37.5 Å². The van der Waals surface area contributed by atoms with Crippen molar-refractivity contribution in [2.24, 2.45) is 0 Å². The van der Waals surface area contributed by atoms with Crippen LogP contribution in [0, 0.1) is 0 Å². The topological polar surface area (TPSA) is 89.6 Å². The summed E-state index contributed by atoms with van der Waals surface area (Å²) < 4.78 is 34.4. The molecule has 0 spiro atoms. The number of nitrogens with one attached hydrogen (secondary N) is 2. The highest BCUT2D eigenvalue weighted by molar-refractivity contribution is 6.42. The minimum atomic E-state index is -2.99. The van der Waals surface area contributed by atoms with Crippen LogP contribution in [0.1, 0.15) is 29.8 Å². The Kier molecular flexibility index (Phi) is 5.65. The van der Waals surface area contributed by atoms with Gasteiger partial charge in [0.2, 0.25) is 0 Å². The van der Waals surface area contributed by atoms with Gasteiger partial charge in [0.25, 0.3) is 11.8 Å². The average Bonchev–Trinajstić information content (AvgIpc) is 2.66. The molecule has 3 saturated carbocycles. The highest BCUT2D eigenvalue weighted by Crippen LogP contribution is 2.60. The van der Waals surface area contributed by atoms with Crippen LogP contribution in [0.4, 0.5) is 8.78 Å². The third kappa shape index (κ3) is 4.67. The van der Waals surface area contributed by atoms with Gasteiger partial charge >= 0.3 is 6.61 Å². The number of aromatic nitrogens is 1. The van der Waals surface area contributed by atoms with E-state index >= 15 is 0 Å². The fourth-order valence-electron chi connectivity index (χ4n) is 4.12. The van der Waals surface area contributed by atoms with Gasteiger partial charge in [-0.1, -0.05) is 23.2 Å². The first kappa shape index (κ1) is 21.6. The molecule has 2 N–H and O–H groups in total. The molecule has 1 heterocycles. The van der Waals surface area contributed by atoms with E-state index in [0.29, 0.717) is 35.1 Å². The molecule has 0 radical (unpaired) electrons. The Labute approximate surface area is 186 Å². The molecule has 0 atom stereocenters. The second-order valence-corrected chi connectivity index (χ2v) is 8.53. The van der Waals surface area contributed by atoms with Crippen molar-refractivity contribution in [3.05, 3.63) is 52.3 Å². The molecule has 0 unspecified atom stereocenters. The lowest BCUT2D eigenvalue weighted by molar-refractivity contribution is -0.141. The van der Waals surface area contributed by atoms with E-state index in [4.69, 9.17) is 27.9 Å². The minimum Gasteiger partial charge on any atom is -0.484 e. The highest BCUT2D eigenvalue weighted by atomic mass is 35.5. The Balaban J connectivity index is 1.24. The summed E-state index contributed by atoms with van der Waals surface area (Å²) in [5, 5.41) is 6.52. The number of halogens is 4. The van der Waals surface area contributed by atoms with E-state index in [9.17, 15) is 18.4 Å². The monoisotopic (exact) mass is 471 g/mol. The maximum Gasteiger partial charge on any atom is 0.387 e. The molecule has 2 bridgehead atoms. The molecular weight excluding hydrogens is 455 g/mol. The summed E-state index contributed by atoms with van der Waals surface area (Å²) in [6.07, 6.45) is 2.93. The zero-order valence-electron chi connectivity index (χ0n) is 16.0. The summed E-state index contributed by atoms with van der Waals surface area (Å²) >= 11 is 11.8. The number of pyridine rings is 1. The van der Waals surface area contributed by atoms with Gasteiger partial charge in [0.05, 0.1) is 10.0 Å². The molecule has 3 aliphatic carbocycles. The predicted molar refractivity (Wildman–Crippen MR) is 108 cm³/mol. The molecule has 11 heteroatoms. The van der Waals surface area contributed by atoms with Crippen molar-refractivity contribution < 1.29 is 27.8 Å². The smallest absolute Gasteiger partial charge is 0.387 e. The van der Waals surface area contributed by atoms with Gasteiger partial charge in [-0.25, -0.2) is 0 Å². The molecule has 0 aliphatic heterocycles.